The summed E-state index contributed by atoms with van der Waals surface area (Å²) in [7, 11) is 0. The standard InChI is InChI=1S/C12H14ClN3O4S/c13-11-8(16(19)20)7-9(21-11)12(18)14-4-2-6-15-5-1-3-10(15)17/h7H,1-6H2,(H,14,18). The van der Waals surface area contributed by atoms with Crippen LogP contribution in [0.2, 0.25) is 4.34 Å². The maximum atomic E-state index is 11.8. The van der Waals surface area contributed by atoms with Crippen molar-refractivity contribution in [3.63, 3.8) is 0 Å². The predicted molar refractivity (Wildman–Crippen MR) is 78.7 cm³/mol. The highest BCUT2D eigenvalue weighted by Crippen LogP contribution is 2.33. The second-order valence-electron chi connectivity index (χ2n) is 4.62. The Morgan fingerprint density at radius 2 is 2.33 bits per heavy atom. The molecule has 1 aromatic heterocycles. The van der Waals surface area contributed by atoms with Crippen LogP contribution in [0.15, 0.2) is 6.07 Å². The molecule has 9 heteroatoms. The molecule has 114 valence electrons. The van der Waals surface area contributed by atoms with Crippen LogP contribution in [0.25, 0.3) is 0 Å². The van der Waals surface area contributed by atoms with Crippen molar-refractivity contribution in [2.75, 3.05) is 19.6 Å². The van der Waals surface area contributed by atoms with Gasteiger partial charge in [0.2, 0.25) is 5.91 Å². The van der Waals surface area contributed by atoms with E-state index in [9.17, 15) is 19.7 Å². The van der Waals surface area contributed by atoms with Crippen LogP contribution in [-0.4, -0.2) is 41.3 Å². The minimum atomic E-state index is -0.616. The summed E-state index contributed by atoms with van der Waals surface area (Å²) in [5.41, 5.74) is -0.255. The molecule has 1 aromatic rings. The average molecular weight is 332 g/mol. The van der Waals surface area contributed by atoms with Crippen molar-refractivity contribution in [2.24, 2.45) is 0 Å². The number of amides is 2. The van der Waals surface area contributed by atoms with Crippen molar-refractivity contribution in [3.05, 3.63) is 25.4 Å². The molecule has 0 bridgehead atoms. The number of thiophene rings is 1. The van der Waals surface area contributed by atoms with Gasteiger partial charge in [0.25, 0.3) is 11.6 Å². The zero-order chi connectivity index (χ0) is 15.4. The van der Waals surface area contributed by atoms with Crippen LogP contribution in [-0.2, 0) is 4.79 Å². The van der Waals surface area contributed by atoms with Crippen LogP contribution >= 0.6 is 22.9 Å². The van der Waals surface area contributed by atoms with E-state index in [4.69, 9.17) is 11.6 Å². The van der Waals surface area contributed by atoms with Crippen LogP contribution in [0.5, 0.6) is 0 Å². The number of likely N-dealkylation sites (tertiary alicyclic amines) is 1. The average Bonchev–Trinajstić information content (AvgIpc) is 3.01. The number of nitrogens with one attached hydrogen (secondary N) is 1. The Kier molecular flexibility index (Phi) is 5.13. The second kappa shape index (κ2) is 6.86. The molecule has 0 atom stereocenters. The molecule has 0 unspecified atom stereocenters. The van der Waals surface area contributed by atoms with Gasteiger partial charge in [0.1, 0.15) is 4.88 Å². The normalized spacial score (nSPS) is 14.5. The SMILES string of the molecule is O=C(NCCCN1CCCC1=O)c1cc([N+](=O)[O-])c(Cl)s1. The summed E-state index contributed by atoms with van der Waals surface area (Å²) in [6.45, 7) is 1.80. The largest absolute Gasteiger partial charge is 0.351 e. The lowest BCUT2D eigenvalue weighted by Gasteiger charge is -2.15. The quantitative estimate of drug-likeness (QED) is 0.490. The van der Waals surface area contributed by atoms with Gasteiger partial charge in [-0.2, -0.15) is 0 Å². The van der Waals surface area contributed by atoms with Crippen molar-refractivity contribution in [1.29, 1.82) is 0 Å². The summed E-state index contributed by atoms with van der Waals surface area (Å²) in [4.78, 5) is 35.2. The molecular formula is C12H14ClN3O4S. The summed E-state index contributed by atoms with van der Waals surface area (Å²) in [6.07, 6.45) is 2.14. The van der Waals surface area contributed by atoms with Crippen molar-refractivity contribution in [3.8, 4) is 0 Å². The molecule has 0 saturated carbocycles. The van der Waals surface area contributed by atoms with Crippen molar-refractivity contribution in [1.82, 2.24) is 10.2 Å². The Bertz CT molecular complexity index is 575. The van der Waals surface area contributed by atoms with E-state index >= 15 is 0 Å². The van der Waals surface area contributed by atoms with Gasteiger partial charge >= 0.3 is 0 Å². The molecule has 2 amide bonds. The Morgan fingerprint density at radius 3 is 2.90 bits per heavy atom. The first-order valence-corrected chi connectivity index (χ1v) is 7.68. The first kappa shape index (κ1) is 15.7. The third kappa shape index (κ3) is 3.92. The van der Waals surface area contributed by atoms with Gasteiger partial charge in [-0.15, -0.1) is 11.3 Å². The zero-order valence-electron chi connectivity index (χ0n) is 11.1. The first-order valence-electron chi connectivity index (χ1n) is 6.48. The number of hydrogen-bond acceptors (Lipinski definition) is 5. The molecule has 1 saturated heterocycles. The molecule has 1 fully saturated rings. The summed E-state index contributed by atoms with van der Waals surface area (Å²) >= 11 is 6.58. The summed E-state index contributed by atoms with van der Waals surface area (Å²) in [6, 6.07) is 1.17. The third-order valence-corrected chi connectivity index (χ3v) is 4.49. The van der Waals surface area contributed by atoms with E-state index in [1.807, 2.05) is 0 Å². The minimum absolute atomic E-state index is 0.00665. The van der Waals surface area contributed by atoms with Crippen LogP contribution in [0.1, 0.15) is 28.9 Å². The zero-order valence-corrected chi connectivity index (χ0v) is 12.7. The molecule has 2 rings (SSSR count). The Labute approximate surface area is 130 Å². The summed E-state index contributed by atoms with van der Waals surface area (Å²) in [5.74, 6) is -0.232. The van der Waals surface area contributed by atoms with Crippen LogP contribution in [0.4, 0.5) is 5.69 Å². The van der Waals surface area contributed by atoms with Gasteiger partial charge in [-0.3, -0.25) is 19.7 Å². The fraction of sp³-hybridized carbons (Fsp3) is 0.500. The molecule has 1 aliphatic heterocycles. The van der Waals surface area contributed by atoms with E-state index in [0.29, 0.717) is 25.9 Å². The molecule has 0 radical (unpaired) electrons. The van der Waals surface area contributed by atoms with E-state index in [-0.39, 0.29) is 26.7 Å². The molecular weight excluding hydrogens is 318 g/mol. The molecule has 1 N–H and O–H groups in total. The maximum Gasteiger partial charge on any atom is 0.299 e. The van der Waals surface area contributed by atoms with Crippen LogP contribution < -0.4 is 5.32 Å². The number of carbonyl (C=O) groups is 2. The molecule has 21 heavy (non-hydrogen) atoms. The molecule has 0 aliphatic carbocycles. The van der Waals surface area contributed by atoms with Crippen molar-refractivity contribution in [2.45, 2.75) is 19.3 Å². The van der Waals surface area contributed by atoms with Crippen molar-refractivity contribution < 1.29 is 14.5 Å². The van der Waals surface area contributed by atoms with Gasteiger partial charge in [-0.05, 0) is 12.8 Å². The second-order valence-corrected chi connectivity index (χ2v) is 6.27. The van der Waals surface area contributed by atoms with E-state index in [0.717, 1.165) is 24.3 Å². The van der Waals surface area contributed by atoms with E-state index in [2.05, 4.69) is 5.32 Å². The number of carbonyl (C=O) groups excluding carboxylic acids is 2. The van der Waals surface area contributed by atoms with Gasteiger partial charge in [0.05, 0.1) is 4.92 Å². The predicted octanol–water partition coefficient (Wildman–Crippen LogP) is 2.05. The molecule has 0 aromatic carbocycles. The highest BCUT2D eigenvalue weighted by molar-refractivity contribution is 7.18. The topological polar surface area (TPSA) is 92.6 Å². The first-order chi connectivity index (χ1) is 9.99. The van der Waals surface area contributed by atoms with Gasteiger partial charge in [0.15, 0.2) is 4.34 Å². The number of hydrogen-bond donors (Lipinski definition) is 1. The van der Waals surface area contributed by atoms with Crippen molar-refractivity contribution >= 4 is 40.4 Å². The Hall–Kier alpha value is -1.67. The van der Waals surface area contributed by atoms with Gasteiger partial charge in [0, 0.05) is 32.1 Å². The lowest BCUT2D eigenvalue weighted by molar-refractivity contribution is -0.384. The number of nitro groups is 1. The Balaban J connectivity index is 1.78. The van der Waals surface area contributed by atoms with E-state index in [1.54, 1.807) is 4.90 Å². The van der Waals surface area contributed by atoms with Gasteiger partial charge in [-0.1, -0.05) is 11.6 Å². The van der Waals surface area contributed by atoms with Crippen LogP contribution in [0.3, 0.4) is 0 Å². The number of rotatable bonds is 6. The van der Waals surface area contributed by atoms with Crippen LogP contribution in [0, 0.1) is 10.1 Å². The van der Waals surface area contributed by atoms with E-state index < -0.39 is 4.92 Å². The number of halogens is 1. The fourth-order valence-corrected chi connectivity index (χ4v) is 3.23. The molecule has 0 spiro atoms. The molecule has 2 heterocycles. The number of nitrogens with zero attached hydrogens (tertiary/aromatic N) is 2. The molecule has 1 aliphatic rings. The highest BCUT2D eigenvalue weighted by Gasteiger charge is 2.21. The Morgan fingerprint density at radius 1 is 1.57 bits per heavy atom. The smallest absolute Gasteiger partial charge is 0.299 e. The van der Waals surface area contributed by atoms with Gasteiger partial charge < -0.3 is 10.2 Å². The third-order valence-electron chi connectivity index (χ3n) is 3.15. The summed E-state index contributed by atoms with van der Waals surface area (Å²) in [5, 5.41) is 13.3. The lowest BCUT2D eigenvalue weighted by Crippen LogP contribution is -2.30. The molecule has 7 nitrogen and oxygen atoms in total. The minimum Gasteiger partial charge on any atom is -0.351 e. The highest BCUT2D eigenvalue weighted by atomic mass is 35.5. The maximum absolute atomic E-state index is 11.8. The summed E-state index contributed by atoms with van der Waals surface area (Å²) < 4.78 is -0.00665. The lowest BCUT2D eigenvalue weighted by atomic mass is 10.3. The van der Waals surface area contributed by atoms with Gasteiger partial charge in [-0.25, -0.2) is 0 Å². The van der Waals surface area contributed by atoms with E-state index in [1.165, 1.54) is 6.07 Å². The fourth-order valence-electron chi connectivity index (χ4n) is 2.09. The monoisotopic (exact) mass is 331 g/mol.